The van der Waals surface area contributed by atoms with Crippen LogP contribution in [-0.2, 0) is 0 Å². The third-order valence-electron chi connectivity index (χ3n) is 2.61. The summed E-state index contributed by atoms with van der Waals surface area (Å²) >= 11 is 1.95. The lowest BCUT2D eigenvalue weighted by atomic mass is 10.1. The van der Waals surface area contributed by atoms with Gasteiger partial charge >= 0.3 is 0 Å². The summed E-state index contributed by atoms with van der Waals surface area (Å²) < 4.78 is 0. The van der Waals surface area contributed by atoms with Crippen LogP contribution in [-0.4, -0.2) is 24.6 Å². The van der Waals surface area contributed by atoms with Crippen LogP contribution in [0.5, 0.6) is 0 Å². The normalized spacial score (nSPS) is 15.4. The second-order valence-electron chi connectivity index (χ2n) is 4.22. The maximum Gasteiger partial charge on any atom is 0.00645 e. The largest absolute Gasteiger partial charge is 0.314 e. The topological polar surface area (TPSA) is 12.0 Å². The van der Waals surface area contributed by atoms with Gasteiger partial charge in [0.25, 0.3) is 0 Å². The Hall–Kier alpha value is 0.310. The molecule has 0 aromatic carbocycles. The van der Waals surface area contributed by atoms with E-state index >= 15 is 0 Å². The van der Waals surface area contributed by atoms with Crippen LogP contribution in [0.2, 0.25) is 0 Å². The van der Waals surface area contributed by atoms with Crippen molar-refractivity contribution in [3.63, 3.8) is 0 Å². The van der Waals surface area contributed by atoms with Gasteiger partial charge in [-0.2, -0.15) is 11.8 Å². The van der Waals surface area contributed by atoms with E-state index in [1.807, 2.05) is 11.8 Å². The third-order valence-corrected chi connectivity index (χ3v) is 3.51. The van der Waals surface area contributed by atoms with E-state index in [2.05, 4.69) is 32.3 Å². The van der Waals surface area contributed by atoms with E-state index in [0.29, 0.717) is 0 Å². The molecule has 2 unspecified atom stereocenters. The summed E-state index contributed by atoms with van der Waals surface area (Å²) in [5.41, 5.74) is 0. The molecule has 2 heteroatoms. The van der Waals surface area contributed by atoms with Gasteiger partial charge in [-0.15, -0.1) is 0 Å². The zero-order valence-corrected chi connectivity index (χ0v) is 11.1. The minimum Gasteiger partial charge on any atom is -0.314 e. The molecule has 0 aliphatic rings. The summed E-state index contributed by atoms with van der Waals surface area (Å²) in [4.78, 5) is 0. The Morgan fingerprint density at radius 3 is 2.50 bits per heavy atom. The molecular weight excluding hydrogens is 190 g/mol. The maximum atomic E-state index is 3.68. The zero-order valence-electron chi connectivity index (χ0n) is 10.3. The van der Waals surface area contributed by atoms with Gasteiger partial charge in [-0.25, -0.2) is 0 Å². The molecule has 0 aromatic rings. The number of hydrogen-bond acceptors (Lipinski definition) is 2. The van der Waals surface area contributed by atoms with E-state index in [0.717, 1.165) is 12.0 Å². The van der Waals surface area contributed by atoms with Crippen LogP contribution in [0.4, 0.5) is 0 Å². The molecule has 0 fully saturated rings. The van der Waals surface area contributed by atoms with Crippen molar-refractivity contribution in [1.82, 2.24) is 5.32 Å². The highest BCUT2D eigenvalue weighted by atomic mass is 32.2. The summed E-state index contributed by atoms with van der Waals surface area (Å²) in [5.74, 6) is 2.08. The van der Waals surface area contributed by atoms with E-state index in [-0.39, 0.29) is 0 Å². The molecule has 14 heavy (non-hydrogen) atoms. The Balaban J connectivity index is 3.50. The fourth-order valence-electron chi connectivity index (χ4n) is 1.61. The molecule has 0 aliphatic heterocycles. The van der Waals surface area contributed by atoms with Gasteiger partial charge in [-0.3, -0.25) is 0 Å². The monoisotopic (exact) mass is 217 g/mol. The SMILES string of the molecule is CCCCC(CC)NCC(C)CSC. The predicted molar refractivity (Wildman–Crippen MR) is 69.2 cm³/mol. The van der Waals surface area contributed by atoms with Gasteiger partial charge in [0, 0.05) is 6.04 Å². The first-order chi connectivity index (χ1) is 6.74. The van der Waals surface area contributed by atoms with E-state index in [1.165, 1.54) is 38.0 Å². The minimum absolute atomic E-state index is 0.749. The smallest absolute Gasteiger partial charge is 0.00645 e. The van der Waals surface area contributed by atoms with Crippen LogP contribution in [0, 0.1) is 5.92 Å². The first-order valence-electron chi connectivity index (χ1n) is 5.96. The van der Waals surface area contributed by atoms with Gasteiger partial charge in [0.05, 0.1) is 0 Å². The number of hydrogen-bond donors (Lipinski definition) is 1. The van der Waals surface area contributed by atoms with Gasteiger partial charge in [-0.05, 0) is 37.3 Å². The van der Waals surface area contributed by atoms with Crippen LogP contribution in [0.3, 0.4) is 0 Å². The predicted octanol–water partition coefficient (Wildman–Crippen LogP) is 3.54. The summed E-state index contributed by atoms with van der Waals surface area (Å²) in [6.07, 6.45) is 7.48. The molecule has 0 heterocycles. The minimum atomic E-state index is 0.749. The maximum absolute atomic E-state index is 3.68. The van der Waals surface area contributed by atoms with Crippen LogP contribution in [0.25, 0.3) is 0 Å². The summed E-state index contributed by atoms with van der Waals surface area (Å²) in [6.45, 7) is 8.06. The Morgan fingerprint density at radius 2 is 2.00 bits per heavy atom. The number of nitrogens with one attached hydrogen (secondary N) is 1. The number of rotatable bonds is 9. The highest BCUT2D eigenvalue weighted by Crippen LogP contribution is 2.07. The highest BCUT2D eigenvalue weighted by molar-refractivity contribution is 7.98. The molecule has 1 nitrogen and oxygen atoms in total. The Bertz CT molecular complexity index is 117. The molecule has 0 bridgehead atoms. The van der Waals surface area contributed by atoms with Crippen molar-refractivity contribution in [2.24, 2.45) is 5.92 Å². The quantitative estimate of drug-likeness (QED) is 0.634. The van der Waals surface area contributed by atoms with E-state index in [9.17, 15) is 0 Å². The lowest BCUT2D eigenvalue weighted by molar-refractivity contribution is 0.423. The lowest BCUT2D eigenvalue weighted by Gasteiger charge is -2.19. The van der Waals surface area contributed by atoms with Crippen molar-refractivity contribution in [2.45, 2.75) is 52.5 Å². The Morgan fingerprint density at radius 1 is 1.29 bits per heavy atom. The zero-order chi connectivity index (χ0) is 10.8. The fourth-order valence-corrected chi connectivity index (χ4v) is 2.30. The molecular formula is C12H27NS. The van der Waals surface area contributed by atoms with Gasteiger partial charge < -0.3 is 5.32 Å². The molecule has 0 aliphatic carbocycles. The van der Waals surface area contributed by atoms with Crippen LogP contribution in [0.15, 0.2) is 0 Å². The summed E-state index contributed by atoms with van der Waals surface area (Å²) in [6, 6.07) is 0.749. The van der Waals surface area contributed by atoms with E-state index in [1.54, 1.807) is 0 Å². The third kappa shape index (κ3) is 7.69. The van der Waals surface area contributed by atoms with Crippen molar-refractivity contribution >= 4 is 11.8 Å². The molecule has 1 N–H and O–H groups in total. The van der Waals surface area contributed by atoms with Crippen LogP contribution in [0.1, 0.15) is 46.5 Å². The van der Waals surface area contributed by atoms with Crippen molar-refractivity contribution in [3.05, 3.63) is 0 Å². The van der Waals surface area contributed by atoms with Crippen molar-refractivity contribution in [1.29, 1.82) is 0 Å². The van der Waals surface area contributed by atoms with Crippen LogP contribution < -0.4 is 5.32 Å². The molecule has 0 spiro atoms. The standard InChI is InChI=1S/C12H27NS/c1-5-7-8-12(6-2)13-9-11(3)10-14-4/h11-13H,5-10H2,1-4H3. The summed E-state index contributed by atoms with van der Waals surface area (Å²) in [7, 11) is 0. The molecule has 86 valence electrons. The lowest BCUT2D eigenvalue weighted by Crippen LogP contribution is -2.32. The average molecular weight is 217 g/mol. The first kappa shape index (κ1) is 14.3. The molecule has 0 radical (unpaired) electrons. The van der Waals surface area contributed by atoms with E-state index < -0.39 is 0 Å². The molecule has 0 rings (SSSR count). The van der Waals surface area contributed by atoms with Gasteiger partial charge in [0.15, 0.2) is 0 Å². The van der Waals surface area contributed by atoms with Gasteiger partial charge in [0.2, 0.25) is 0 Å². The number of unbranched alkanes of at least 4 members (excludes halogenated alkanes) is 1. The van der Waals surface area contributed by atoms with Gasteiger partial charge in [0.1, 0.15) is 0 Å². The van der Waals surface area contributed by atoms with Gasteiger partial charge in [-0.1, -0.05) is 33.6 Å². The van der Waals surface area contributed by atoms with Crippen molar-refractivity contribution in [3.8, 4) is 0 Å². The molecule has 0 saturated carbocycles. The van der Waals surface area contributed by atoms with Crippen molar-refractivity contribution < 1.29 is 0 Å². The van der Waals surface area contributed by atoms with E-state index in [4.69, 9.17) is 0 Å². The Labute approximate surface area is 94.4 Å². The summed E-state index contributed by atoms with van der Waals surface area (Å²) in [5, 5.41) is 3.68. The molecule has 0 aromatic heterocycles. The second-order valence-corrected chi connectivity index (χ2v) is 5.13. The molecule has 2 atom stereocenters. The Kier molecular flexibility index (Phi) is 10.1. The second kappa shape index (κ2) is 9.85. The molecule has 0 saturated heterocycles. The average Bonchev–Trinajstić information content (AvgIpc) is 2.19. The van der Waals surface area contributed by atoms with Crippen LogP contribution >= 0.6 is 11.8 Å². The fraction of sp³-hybridized carbons (Fsp3) is 1.00. The first-order valence-corrected chi connectivity index (χ1v) is 7.36. The highest BCUT2D eigenvalue weighted by Gasteiger charge is 2.07. The number of thioether (sulfide) groups is 1. The molecule has 0 amide bonds. The van der Waals surface area contributed by atoms with Crippen molar-refractivity contribution in [2.75, 3.05) is 18.6 Å².